The third-order valence-corrected chi connectivity index (χ3v) is 5.14. The average molecular weight is 369 g/mol. The quantitative estimate of drug-likeness (QED) is 0.377. The molecule has 5 atom stereocenters. The Labute approximate surface area is 148 Å². The van der Waals surface area contributed by atoms with Crippen molar-refractivity contribution in [1.82, 2.24) is 9.97 Å². The van der Waals surface area contributed by atoms with Crippen LogP contribution in [-0.4, -0.2) is 82.4 Å². The number of nitrogen functional groups attached to an aromatic ring is 1. The minimum atomic E-state index is -1.25. The van der Waals surface area contributed by atoms with Crippen molar-refractivity contribution in [2.24, 2.45) is 0 Å². The van der Waals surface area contributed by atoms with Crippen LogP contribution in [0.15, 0.2) is 4.79 Å². The van der Waals surface area contributed by atoms with E-state index in [-0.39, 0.29) is 30.1 Å². The van der Waals surface area contributed by atoms with E-state index in [0.29, 0.717) is 12.2 Å². The number of hydrogen-bond donors (Lipinski definition) is 5. The summed E-state index contributed by atoms with van der Waals surface area (Å²) in [5.41, 5.74) is 5.65. The number of hydrogen-bond acceptors (Lipinski definition) is 10. The number of fused-ring (bicyclic) bond motifs is 1. The molecule has 144 valence electrons. The summed E-state index contributed by atoms with van der Waals surface area (Å²) in [7, 11) is 0. The van der Waals surface area contributed by atoms with E-state index >= 15 is 0 Å². The Morgan fingerprint density at radius 2 is 2.12 bits per heavy atom. The van der Waals surface area contributed by atoms with Crippen LogP contribution in [0.25, 0.3) is 0 Å². The van der Waals surface area contributed by atoms with Gasteiger partial charge in [0.25, 0.3) is 5.56 Å². The molecular weight excluding hydrogens is 346 g/mol. The third kappa shape index (κ3) is 2.81. The van der Waals surface area contributed by atoms with E-state index in [4.69, 9.17) is 15.2 Å². The van der Waals surface area contributed by atoms with Crippen LogP contribution in [0.1, 0.15) is 12.8 Å². The molecule has 4 rings (SSSR count). The van der Waals surface area contributed by atoms with Crippen LogP contribution in [0.5, 0.6) is 0 Å². The van der Waals surface area contributed by atoms with Gasteiger partial charge >= 0.3 is 0 Å². The lowest BCUT2D eigenvalue weighted by Crippen LogP contribution is -2.46. The number of aromatic amines is 1. The van der Waals surface area contributed by atoms with Crippen molar-refractivity contribution >= 4 is 17.5 Å². The molecule has 0 bridgehead atoms. The maximum atomic E-state index is 12.4. The largest absolute Gasteiger partial charge is 0.394 e. The first-order chi connectivity index (χ1) is 12.5. The van der Waals surface area contributed by atoms with Crippen LogP contribution >= 0.6 is 0 Å². The summed E-state index contributed by atoms with van der Waals surface area (Å²) < 4.78 is 11.0. The maximum Gasteiger partial charge on any atom is 0.278 e. The topological polar surface area (TPSA) is 157 Å². The lowest BCUT2D eigenvalue weighted by molar-refractivity contribution is -0.0531. The lowest BCUT2D eigenvalue weighted by atomic mass is 10.1. The van der Waals surface area contributed by atoms with E-state index in [1.165, 1.54) is 0 Å². The number of nitrogens with zero attached hydrogens (tertiary/aromatic N) is 3. The van der Waals surface area contributed by atoms with E-state index in [9.17, 15) is 20.1 Å². The average Bonchev–Trinajstić information content (AvgIpc) is 3.05. The van der Waals surface area contributed by atoms with Gasteiger partial charge in [-0.15, -0.1) is 0 Å². The normalized spacial score (nSPS) is 33.4. The molecular formula is C15H23N5O6. The molecule has 11 heteroatoms. The lowest BCUT2D eigenvalue weighted by Gasteiger charge is -2.30. The summed E-state index contributed by atoms with van der Waals surface area (Å²) in [6, 6.07) is 0. The van der Waals surface area contributed by atoms with E-state index in [1.54, 1.807) is 4.90 Å². The molecule has 0 radical (unpaired) electrons. The summed E-state index contributed by atoms with van der Waals surface area (Å²) in [6.45, 7) is 1.14. The Kier molecular flexibility index (Phi) is 4.49. The molecule has 1 aromatic heterocycles. The summed E-state index contributed by atoms with van der Waals surface area (Å²) in [6.07, 6.45) is -2.40. The number of anilines is 3. The molecule has 11 nitrogen and oxygen atoms in total. The van der Waals surface area contributed by atoms with Crippen LogP contribution < -0.4 is 21.1 Å². The number of aliphatic hydroxyl groups excluding tert-OH is 3. The van der Waals surface area contributed by atoms with Gasteiger partial charge < -0.3 is 40.3 Å². The van der Waals surface area contributed by atoms with E-state index in [0.717, 1.165) is 19.4 Å². The smallest absolute Gasteiger partial charge is 0.278 e. The van der Waals surface area contributed by atoms with Crippen LogP contribution in [-0.2, 0) is 9.47 Å². The molecule has 6 N–H and O–H groups in total. The van der Waals surface area contributed by atoms with Gasteiger partial charge in [-0.2, -0.15) is 4.98 Å². The number of H-pyrrole nitrogens is 1. The van der Waals surface area contributed by atoms with Crippen molar-refractivity contribution in [2.75, 3.05) is 42.0 Å². The van der Waals surface area contributed by atoms with Gasteiger partial charge in [-0.25, -0.2) is 0 Å². The third-order valence-electron chi connectivity index (χ3n) is 5.14. The van der Waals surface area contributed by atoms with Gasteiger partial charge in [-0.3, -0.25) is 9.78 Å². The van der Waals surface area contributed by atoms with Gasteiger partial charge in [0.15, 0.2) is 12.0 Å². The zero-order valence-corrected chi connectivity index (χ0v) is 14.1. The molecule has 0 aromatic carbocycles. The Hall–Kier alpha value is -1.92. The second-order valence-corrected chi connectivity index (χ2v) is 6.80. The van der Waals surface area contributed by atoms with Gasteiger partial charge in [-0.1, -0.05) is 0 Å². The van der Waals surface area contributed by atoms with Gasteiger partial charge in [0.1, 0.15) is 24.0 Å². The van der Waals surface area contributed by atoms with Crippen molar-refractivity contribution in [3.05, 3.63) is 10.4 Å². The van der Waals surface area contributed by atoms with Crippen molar-refractivity contribution in [3.63, 3.8) is 0 Å². The van der Waals surface area contributed by atoms with Crippen LogP contribution in [0.4, 0.5) is 17.5 Å². The number of nitrogens with two attached hydrogens (primary N) is 1. The molecule has 3 aliphatic rings. The Morgan fingerprint density at radius 3 is 2.73 bits per heavy atom. The number of aromatic nitrogens is 2. The molecule has 3 aliphatic heterocycles. The minimum absolute atomic E-state index is 0.0466. The highest BCUT2D eigenvalue weighted by Crippen LogP contribution is 2.37. The maximum absolute atomic E-state index is 12.4. The van der Waals surface area contributed by atoms with Gasteiger partial charge in [-0.05, 0) is 12.8 Å². The summed E-state index contributed by atoms with van der Waals surface area (Å²) in [4.78, 5) is 22.5. The fraction of sp³-hybridized carbons (Fsp3) is 0.733. The Bertz CT molecular complexity index is 725. The van der Waals surface area contributed by atoms with Gasteiger partial charge in [0.2, 0.25) is 5.95 Å². The molecule has 0 amide bonds. The monoisotopic (exact) mass is 369 g/mol. The van der Waals surface area contributed by atoms with E-state index < -0.39 is 31.1 Å². The number of aliphatic hydroxyl groups is 3. The van der Waals surface area contributed by atoms with Crippen LogP contribution in [0.3, 0.4) is 0 Å². The zero-order valence-electron chi connectivity index (χ0n) is 14.1. The number of nitrogens with one attached hydrogen (secondary N) is 1. The molecule has 26 heavy (non-hydrogen) atoms. The number of ether oxygens (including phenoxy) is 2. The zero-order chi connectivity index (χ0) is 18.4. The highest BCUT2D eigenvalue weighted by molar-refractivity contribution is 5.73. The molecule has 0 spiro atoms. The summed E-state index contributed by atoms with van der Waals surface area (Å²) in [5.74, 6) is 0.241. The number of rotatable bonds is 5. The molecule has 2 fully saturated rings. The Morgan fingerprint density at radius 1 is 1.35 bits per heavy atom. The SMILES string of the molecule is Nc1nc2c(c(=O)[nH]1)N(CCC1CCO1)CN2[C@@H]1O[C@H](CO)[C@@H](O)[C@H]1O. The summed E-state index contributed by atoms with van der Waals surface area (Å²) in [5, 5.41) is 29.6. The summed E-state index contributed by atoms with van der Waals surface area (Å²) >= 11 is 0. The predicted octanol–water partition coefficient (Wildman–Crippen LogP) is -2.45. The molecule has 0 saturated carbocycles. The molecule has 0 aliphatic carbocycles. The first-order valence-corrected chi connectivity index (χ1v) is 8.65. The van der Waals surface area contributed by atoms with Crippen molar-refractivity contribution in [2.45, 2.75) is 43.5 Å². The highest BCUT2D eigenvalue weighted by Gasteiger charge is 2.48. The van der Waals surface area contributed by atoms with Gasteiger partial charge in [0, 0.05) is 13.2 Å². The fourth-order valence-electron chi connectivity index (χ4n) is 3.61. The van der Waals surface area contributed by atoms with Crippen LogP contribution in [0.2, 0.25) is 0 Å². The second kappa shape index (κ2) is 6.67. The van der Waals surface area contributed by atoms with E-state index in [1.807, 2.05) is 4.90 Å². The first-order valence-electron chi connectivity index (χ1n) is 8.65. The van der Waals surface area contributed by atoms with Gasteiger partial charge in [0.05, 0.1) is 19.4 Å². The van der Waals surface area contributed by atoms with Crippen LogP contribution in [0, 0.1) is 0 Å². The van der Waals surface area contributed by atoms with Crippen molar-refractivity contribution in [3.8, 4) is 0 Å². The fourth-order valence-corrected chi connectivity index (χ4v) is 3.61. The first kappa shape index (κ1) is 17.5. The molecule has 2 saturated heterocycles. The van der Waals surface area contributed by atoms with Crippen molar-refractivity contribution < 1.29 is 24.8 Å². The Balaban J connectivity index is 1.61. The predicted molar refractivity (Wildman–Crippen MR) is 90.7 cm³/mol. The van der Waals surface area contributed by atoms with E-state index in [2.05, 4.69) is 9.97 Å². The minimum Gasteiger partial charge on any atom is -0.394 e. The second-order valence-electron chi connectivity index (χ2n) is 6.80. The highest BCUT2D eigenvalue weighted by atomic mass is 16.6. The van der Waals surface area contributed by atoms with Crippen molar-refractivity contribution in [1.29, 1.82) is 0 Å². The molecule has 4 heterocycles. The molecule has 1 unspecified atom stereocenters. The molecule has 1 aromatic rings. The standard InChI is InChI=1S/C15H23N5O6/c16-15-17-12-9(13(24)18-15)19(3-1-7-2-4-25-7)6-20(12)14-11(23)10(22)8(5-21)26-14/h7-8,10-11,14,21-23H,1-6H2,(H3,16,17,18,24)/t7?,8-,10-,11-,14-/m1/s1.